The van der Waals surface area contributed by atoms with Gasteiger partial charge in [-0.2, -0.15) is 0 Å². The van der Waals surface area contributed by atoms with E-state index < -0.39 is 6.04 Å². The zero-order valence-corrected chi connectivity index (χ0v) is 15.6. The third-order valence-corrected chi connectivity index (χ3v) is 5.72. The van der Waals surface area contributed by atoms with Crippen LogP contribution in [-0.4, -0.2) is 30.1 Å². The van der Waals surface area contributed by atoms with Crippen LogP contribution in [0.3, 0.4) is 0 Å². The second-order valence-electron chi connectivity index (χ2n) is 6.69. The number of amides is 1. The first-order chi connectivity index (χ1) is 12.0. The predicted octanol–water partition coefficient (Wildman–Crippen LogP) is 3.04. The third kappa shape index (κ3) is 4.66. The Morgan fingerprint density at radius 3 is 2.84 bits per heavy atom. The smallest absolute Gasteiger partial charge is 0.243 e. The largest absolute Gasteiger partial charge is 0.381 e. The molecule has 3 rings (SSSR count). The molecule has 6 heteroatoms. The number of aryl methyl sites for hydroxylation is 2. The molecule has 134 valence electrons. The molecule has 1 atom stereocenters. The summed E-state index contributed by atoms with van der Waals surface area (Å²) < 4.78 is 5.33. The second-order valence-corrected chi connectivity index (χ2v) is 7.81. The Morgan fingerprint density at radius 1 is 1.36 bits per heavy atom. The van der Waals surface area contributed by atoms with E-state index >= 15 is 0 Å². The van der Waals surface area contributed by atoms with Gasteiger partial charge in [0.25, 0.3) is 0 Å². The van der Waals surface area contributed by atoms with Crippen molar-refractivity contribution in [2.45, 2.75) is 39.2 Å². The maximum Gasteiger partial charge on any atom is 0.243 e. The number of nitrogens with two attached hydrogens (primary N) is 1. The number of aromatic nitrogens is 1. The summed E-state index contributed by atoms with van der Waals surface area (Å²) >= 11 is 1.51. The van der Waals surface area contributed by atoms with Gasteiger partial charge in [0.15, 0.2) is 5.13 Å². The van der Waals surface area contributed by atoms with E-state index in [0.29, 0.717) is 18.3 Å². The molecule has 25 heavy (non-hydrogen) atoms. The molecule has 1 aromatic heterocycles. The lowest BCUT2D eigenvalue weighted by atomic mass is 9.92. The van der Waals surface area contributed by atoms with Gasteiger partial charge < -0.3 is 15.8 Å². The highest BCUT2D eigenvalue weighted by atomic mass is 32.1. The number of carbonyl (C=O) groups is 1. The van der Waals surface area contributed by atoms with Crippen molar-refractivity contribution in [3.63, 3.8) is 0 Å². The van der Waals surface area contributed by atoms with Crippen LogP contribution in [0.4, 0.5) is 5.13 Å². The fraction of sp³-hybridized carbons (Fsp3) is 0.474. The summed E-state index contributed by atoms with van der Waals surface area (Å²) in [6, 6.07) is 5.98. The zero-order chi connectivity index (χ0) is 17.8. The van der Waals surface area contributed by atoms with E-state index in [1.54, 1.807) is 0 Å². The van der Waals surface area contributed by atoms with Gasteiger partial charge in [-0.3, -0.25) is 4.79 Å². The molecule has 1 amide bonds. The molecule has 3 N–H and O–H groups in total. The number of ether oxygens (including phenoxy) is 1. The zero-order valence-electron chi connectivity index (χ0n) is 14.7. The van der Waals surface area contributed by atoms with Crippen LogP contribution in [0.15, 0.2) is 24.4 Å². The monoisotopic (exact) mass is 359 g/mol. The first kappa shape index (κ1) is 18.0. The summed E-state index contributed by atoms with van der Waals surface area (Å²) in [7, 11) is 0. The van der Waals surface area contributed by atoms with Crippen LogP contribution < -0.4 is 11.1 Å². The Balaban J connectivity index is 1.59. The Hall–Kier alpha value is -1.76. The van der Waals surface area contributed by atoms with Gasteiger partial charge in [-0.25, -0.2) is 4.98 Å². The highest BCUT2D eigenvalue weighted by molar-refractivity contribution is 7.15. The lowest BCUT2D eigenvalue weighted by molar-refractivity contribution is -0.119. The van der Waals surface area contributed by atoms with Crippen molar-refractivity contribution in [2.24, 2.45) is 11.7 Å². The van der Waals surface area contributed by atoms with Crippen molar-refractivity contribution >= 4 is 22.4 Å². The molecule has 5 nitrogen and oxygen atoms in total. The summed E-state index contributed by atoms with van der Waals surface area (Å²) in [5.41, 5.74) is 9.95. The molecule has 1 aliphatic rings. The fourth-order valence-corrected chi connectivity index (χ4v) is 3.89. The number of hydrogen-bond acceptors (Lipinski definition) is 5. The van der Waals surface area contributed by atoms with Crippen LogP contribution >= 0.6 is 11.3 Å². The van der Waals surface area contributed by atoms with Gasteiger partial charge in [0, 0.05) is 30.7 Å². The van der Waals surface area contributed by atoms with Crippen molar-refractivity contribution in [1.29, 1.82) is 0 Å². The number of carbonyl (C=O) groups excluding carboxylic acids is 1. The Kier molecular flexibility index (Phi) is 5.83. The van der Waals surface area contributed by atoms with Gasteiger partial charge >= 0.3 is 0 Å². The molecule has 1 saturated heterocycles. The van der Waals surface area contributed by atoms with E-state index in [9.17, 15) is 4.79 Å². The second kappa shape index (κ2) is 8.08. The molecule has 2 aromatic rings. The lowest BCUT2D eigenvalue weighted by Crippen LogP contribution is -2.43. The minimum atomic E-state index is -0.504. The first-order valence-corrected chi connectivity index (χ1v) is 9.49. The molecule has 0 aliphatic carbocycles. The minimum absolute atomic E-state index is 0.154. The topological polar surface area (TPSA) is 77.2 Å². The number of nitrogens with one attached hydrogen (secondary N) is 1. The molecule has 1 unspecified atom stereocenters. The number of nitrogens with zero attached hydrogens (tertiary/aromatic N) is 1. The molecule has 2 heterocycles. The Bertz CT molecular complexity index is 738. The van der Waals surface area contributed by atoms with Crippen LogP contribution in [0.25, 0.3) is 0 Å². The molecule has 0 radical (unpaired) electrons. The maximum absolute atomic E-state index is 12.4. The molecule has 1 aromatic carbocycles. The van der Waals surface area contributed by atoms with Crippen molar-refractivity contribution in [2.75, 3.05) is 18.5 Å². The Labute approximate surface area is 152 Å². The lowest BCUT2D eigenvalue weighted by Gasteiger charge is -2.26. The molecule has 0 saturated carbocycles. The first-order valence-electron chi connectivity index (χ1n) is 8.68. The standard InChI is InChI=1S/C19H25N3O2S/c1-12-3-4-14(9-13(12)2)10-16-11-21-19(25-16)22-18(23)17(20)15-5-7-24-8-6-15/h3-4,9,11,15,17H,5-8,10,20H2,1-2H3,(H,21,22,23). The fourth-order valence-electron chi connectivity index (χ4n) is 3.04. The highest BCUT2D eigenvalue weighted by Crippen LogP contribution is 2.24. The van der Waals surface area contributed by atoms with Gasteiger partial charge in [-0.1, -0.05) is 18.2 Å². The summed E-state index contributed by atoms with van der Waals surface area (Å²) in [5.74, 6) is 0.0303. The van der Waals surface area contributed by atoms with E-state index in [1.165, 1.54) is 28.0 Å². The number of thiazole rings is 1. The molecular formula is C19H25N3O2S. The molecular weight excluding hydrogens is 334 g/mol. The van der Waals surface area contributed by atoms with Crippen LogP contribution in [0.2, 0.25) is 0 Å². The summed E-state index contributed by atoms with van der Waals surface area (Å²) in [5, 5.41) is 3.49. The summed E-state index contributed by atoms with van der Waals surface area (Å²) in [6.07, 6.45) is 4.32. The van der Waals surface area contributed by atoms with Gasteiger partial charge in [0.2, 0.25) is 5.91 Å². The highest BCUT2D eigenvalue weighted by Gasteiger charge is 2.27. The number of anilines is 1. The van der Waals surface area contributed by atoms with Crippen LogP contribution in [0.5, 0.6) is 0 Å². The van der Waals surface area contributed by atoms with Gasteiger partial charge in [-0.05, 0) is 49.3 Å². The number of hydrogen-bond donors (Lipinski definition) is 2. The van der Waals surface area contributed by atoms with E-state index in [-0.39, 0.29) is 11.8 Å². The predicted molar refractivity (Wildman–Crippen MR) is 101 cm³/mol. The normalized spacial score (nSPS) is 16.6. The maximum atomic E-state index is 12.4. The summed E-state index contributed by atoms with van der Waals surface area (Å²) in [4.78, 5) is 17.8. The number of rotatable bonds is 5. The van der Waals surface area contributed by atoms with Gasteiger partial charge in [0.1, 0.15) is 0 Å². The van der Waals surface area contributed by atoms with Gasteiger partial charge in [0.05, 0.1) is 6.04 Å². The quantitative estimate of drug-likeness (QED) is 0.860. The van der Waals surface area contributed by atoms with E-state index in [0.717, 1.165) is 24.1 Å². The molecule has 1 aliphatic heterocycles. The molecule has 1 fully saturated rings. The molecule has 0 spiro atoms. The van der Waals surface area contributed by atoms with Crippen molar-refractivity contribution in [3.8, 4) is 0 Å². The van der Waals surface area contributed by atoms with E-state index in [1.807, 2.05) is 6.20 Å². The average molecular weight is 359 g/mol. The van der Waals surface area contributed by atoms with Crippen molar-refractivity contribution in [3.05, 3.63) is 46.0 Å². The van der Waals surface area contributed by atoms with Crippen LogP contribution in [-0.2, 0) is 16.0 Å². The SMILES string of the molecule is Cc1ccc(Cc2cnc(NC(=O)C(N)C3CCOCC3)s2)cc1C. The van der Waals surface area contributed by atoms with Crippen molar-refractivity contribution in [1.82, 2.24) is 4.98 Å². The molecule has 0 bridgehead atoms. The Morgan fingerprint density at radius 2 is 2.12 bits per heavy atom. The van der Waals surface area contributed by atoms with E-state index in [4.69, 9.17) is 10.5 Å². The van der Waals surface area contributed by atoms with Crippen LogP contribution in [0, 0.1) is 19.8 Å². The van der Waals surface area contributed by atoms with Gasteiger partial charge in [-0.15, -0.1) is 11.3 Å². The number of benzene rings is 1. The van der Waals surface area contributed by atoms with E-state index in [2.05, 4.69) is 42.3 Å². The van der Waals surface area contributed by atoms with Crippen molar-refractivity contribution < 1.29 is 9.53 Å². The minimum Gasteiger partial charge on any atom is -0.381 e. The summed E-state index contributed by atoms with van der Waals surface area (Å²) in [6.45, 7) is 5.60. The average Bonchev–Trinajstić information content (AvgIpc) is 3.05. The third-order valence-electron chi connectivity index (χ3n) is 4.81. The van der Waals surface area contributed by atoms with Crippen LogP contribution in [0.1, 0.15) is 34.4 Å².